The van der Waals surface area contributed by atoms with Gasteiger partial charge in [-0.2, -0.15) is 10.4 Å². The minimum absolute atomic E-state index is 0.268. The highest BCUT2D eigenvalue weighted by Crippen LogP contribution is 2.24. The number of rotatable bonds is 2. The number of ether oxygens (including phenoxy) is 1. The number of nitriles is 1. The van der Waals surface area contributed by atoms with E-state index in [2.05, 4.69) is 11.2 Å². The second kappa shape index (κ2) is 4.67. The van der Waals surface area contributed by atoms with Gasteiger partial charge in [0.05, 0.1) is 23.9 Å². The van der Waals surface area contributed by atoms with Gasteiger partial charge in [-0.05, 0) is 13.0 Å². The van der Waals surface area contributed by atoms with Crippen LogP contribution >= 0.6 is 0 Å². The predicted octanol–water partition coefficient (Wildman–Crippen LogP) is 2.54. The molecule has 20 heavy (non-hydrogen) atoms. The highest BCUT2D eigenvalue weighted by Gasteiger charge is 2.18. The van der Waals surface area contributed by atoms with Gasteiger partial charge in [0.15, 0.2) is 5.69 Å². The number of carbonyl (C=O) groups is 1. The molecule has 0 bridgehead atoms. The Morgan fingerprint density at radius 1 is 1.45 bits per heavy atom. The van der Waals surface area contributed by atoms with Gasteiger partial charge < -0.3 is 4.74 Å². The standard InChI is InChI=1S/C15H11N3O2/c1-2-20-15(19)13-7-11(8-16)14-12-6-4-3-5-10(12)9-17-18(13)14/h3-7,9H,2H2,1H3. The number of fused-ring (bicyclic) bond motifs is 3. The lowest BCUT2D eigenvalue weighted by atomic mass is 10.1. The van der Waals surface area contributed by atoms with Gasteiger partial charge >= 0.3 is 5.97 Å². The first-order chi connectivity index (χ1) is 9.76. The summed E-state index contributed by atoms with van der Waals surface area (Å²) in [4.78, 5) is 11.9. The van der Waals surface area contributed by atoms with Crippen LogP contribution in [0.1, 0.15) is 23.0 Å². The largest absolute Gasteiger partial charge is 0.461 e. The van der Waals surface area contributed by atoms with Crippen LogP contribution < -0.4 is 0 Å². The number of hydrogen-bond acceptors (Lipinski definition) is 4. The van der Waals surface area contributed by atoms with Crippen molar-refractivity contribution in [1.29, 1.82) is 5.26 Å². The minimum Gasteiger partial charge on any atom is -0.461 e. The van der Waals surface area contributed by atoms with E-state index in [1.807, 2.05) is 24.3 Å². The third-order valence-electron chi connectivity index (χ3n) is 3.11. The van der Waals surface area contributed by atoms with Crippen molar-refractivity contribution in [3.8, 4) is 6.07 Å². The molecule has 0 N–H and O–H groups in total. The van der Waals surface area contributed by atoms with Crippen LogP contribution in [0.3, 0.4) is 0 Å². The molecule has 0 fully saturated rings. The smallest absolute Gasteiger partial charge is 0.357 e. The van der Waals surface area contributed by atoms with Crippen LogP contribution in [-0.4, -0.2) is 22.2 Å². The van der Waals surface area contributed by atoms with Crippen molar-refractivity contribution >= 4 is 22.3 Å². The van der Waals surface area contributed by atoms with E-state index in [1.165, 1.54) is 10.6 Å². The first-order valence-electron chi connectivity index (χ1n) is 6.23. The maximum atomic E-state index is 11.9. The highest BCUT2D eigenvalue weighted by molar-refractivity contribution is 6.01. The van der Waals surface area contributed by atoms with E-state index in [1.54, 1.807) is 13.1 Å². The first kappa shape index (κ1) is 12.2. The summed E-state index contributed by atoms with van der Waals surface area (Å²) in [6, 6.07) is 11.2. The summed E-state index contributed by atoms with van der Waals surface area (Å²) in [7, 11) is 0. The summed E-state index contributed by atoms with van der Waals surface area (Å²) < 4.78 is 6.47. The van der Waals surface area contributed by atoms with E-state index in [0.29, 0.717) is 11.1 Å². The zero-order chi connectivity index (χ0) is 14.1. The van der Waals surface area contributed by atoms with Crippen molar-refractivity contribution in [2.75, 3.05) is 6.61 Å². The highest BCUT2D eigenvalue weighted by atomic mass is 16.5. The second-order valence-electron chi connectivity index (χ2n) is 4.27. The van der Waals surface area contributed by atoms with Gasteiger partial charge in [-0.3, -0.25) is 0 Å². The Morgan fingerprint density at radius 2 is 2.25 bits per heavy atom. The van der Waals surface area contributed by atoms with Crippen LogP contribution in [-0.2, 0) is 4.74 Å². The second-order valence-corrected chi connectivity index (χ2v) is 4.27. The normalized spacial score (nSPS) is 10.6. The van der Waals surface area contributed by atoms with Crippen LogP contribution in [0.25, 0.3) is 16.3 Å². The fourth-order valence-corrected chi connectivity index (χ4v) is 2.26. The Morgan fingerprint density at radius 3 is 3.00 bits per heavy atom. The third-order valence-corrected chi connectivity index (χ3v) is 3.11. The lowest BCUT2D eigenvalue weighted by molar-refractivity contribution is 0.0517. The molecule has 3 rings (SSSR count). The van der Waals surface area contributed by atoms with Crippen molar-refractivity contribution in [3.63, 3.8) is 0 Å². The molecule has 1 aromatic carbocycles. The van der Waals surface area contributed by atoms with Crippen molar-refractivity contribution < 1.29 is 9.53 Å². The topological polar surface area (TPSA) is 67.4 Å². The summed E-state index contributed by atoms with van der Waals surface area (Å²) in [5, 5.41) is 15.3. The number of benzene rings is 1. The minimum atomic E-state index is -0.480. The molecular formula is C15H11N3O2. The molecule has 0 amide bonds. The predicted molar refractivity (Wildman–Crippen MR) is 73.4 cm³/mol. The Labute approximate surface area is 115 Å². The quantitative estimate of drug-likeness (QED) is 0.668. The molecule has 0 spiro atoms. The Hall–Kier alpha value is -2.87. The fourth-order valence-electron chi connectivity index (χ4n) is 2.26. The lowest BCUT2D eigenvalue weighted by Crippen LogP contribution is -2.09. The molecule has 3 aromatic rings. The Bertz CT molecular complexity index is 859. The van der Waals surface area contributed by atoms with Gasteiger partial charge in [0.25, 0.3) is 0 Å². The SMILES string of the molecule is CCOC(=O)c1cc(C#N)c2c3ccccc3cnn12. The summed E-state index contributed by atoms with van der Waals surface area (Å²) in [5.41, 5.74) is 1.31. The molecule has 0 radical (unpaired) electrons. The van der Waals surface area contributed by atoms with Crippen molar-refractivity contribution in [2.45, 2.75) is 6.92 Å². The Kier molecular flexibility index (Phi) is 2.84. The number of carbonyl (C=O) groups excluding carboxylic acids is 1. The maximum absolute atomic E-state index is 11.9. The maximum Gasteiger partial charge on any atom is 0.357 e. The zero-order valence-electron chi connectivity index (χ0n) is 10.8. The molecule has 98 valence electrons. The van der Waals surface area contributed by atoms with Gasteiger partial charge in [-0.1, -0.05) is 24.3 Å². The summed E-state index contributed by atoms with van der Waals surface area (Å²) in [5.74, 6) is -0.480. The number of aromatic nitrogens is 2. The van der Waals surface area contributed by atoms with Crippen LogP contribution in [0.4, 0.5) is 0 Å². The van der Waals surface area contributed by atoms with E-state index in [9.17, 15) is 10.1 Å². The molecule has 5 heteroatoms. The molecule has 2 aromatic heterocycles. The molecule has 2 heterocycles. The van der Waals surface area contributed by atoms with Gasteiger partial charge in [0.2, 0.25) is 0 Å². The lowest BCUT2D eigenvalue weighted by Gasteiger charge is -2.04. The van der Waals surface area contributed by atoms with Crippen molar-refractivity contribution in [3.05, 3.63) is 47.8 Å². The van der Waals surface area contributed by atoms with Crippen LogP contribution in [0.5, 0.6) is 0 Å². The summed E-state index contributed by atoms with van der Waals surface area (Å²) >= 11 is 0. The molecular weight excluding hydrogens is 254 g/mol. The van der Waals surface area contributed by atoms with E-state index in [4.69, 9.17) is 4.74 Å². The molecule has 0 aliphatic heterocycles. The van der Waals surface area contributed by atoms with Crippen molar-refractivity contribution in [2.24, 2.45) is 0 Å². The number of hydrogen-bond donors (Lipinski definition) is 0. The third kappa shape index (κ3) is 1.70. The van der Waals surface area contributed by atoms with E-state index in [-0.39, 0.29) is 12.3 Å². The molecule has 0 aliphatic rings. The van der Waals surface area contributed by atoms with Crippen molar-refractivity contribution in [1.82, 2.24) is 9.61 Å². The van der Waals surface area contributed by atoms with Crippen LogP contribution in [0, 0.1) is 11.3 Å². The fraction of sp³-hybridized carbons (Fsp3) is 0.133. The average Bonchev–Trinajstić information content (AvgIpc) is 2.86. The van der Waals surface area contributed by atoms with Gasteiger partial charge in [0, 0.05) is 10.8 Å². The van der Waals surface area contributed by atoms with Gasteiger partial charge in [-0.15, -0.1) is 0 Å². The Balaban J connectivity index is 2.39. The molecule has 5 nitrogen and oxygen atoms in total. The van der Waals surface area contributed by atoms with Gasteiger partial charge in [0.1, 0.15) is 6.07 Å². The molecule has 0 saturated carbocycles. The van der Waals surface area contributed by atoms with Gasteiger partial charge in [-0.25, -0.2) is 9.31 Å². The number of nitrogens with zero attached hydrogens (tertiary/aromatic N) is 3. The van der Waals surface area contributed by atoms with E-state index >= 15 is 0 Å². The van der Waals surface area contributed by atoms with E-state index < -0.39 is 5.97 Å². The average molecular weight is 265 g/mol. The number of esters is 1. The zero-order valence-corrected chi connectivity index (χ0v) is 10.8. The molecule has 0 aliphatic carbocycles. The summed E-state index contributed by atoms with van der Waals surface area (Å²) in [6.45, 7) is 2.02. The van der Waals surface area contributed by atoms with E-state index in [0.717, 1.165) is 10.8 Å². The summed E-state index contributed by atoms with van der Waals surface area (Å²) in [6.07, 6.45) is 1.67. The molecule has 0 unspecified atom stereocenters. The van der Waals surface area contributed by atoms with Crippen LogP contribution in [0.15, 0.2) is 36.5 Å². The molecule has 0 atom stereocenters. The monoisotopic (exact) mass is 265 g/mol. The van der Waals surface area contributed by atoms with Crippen LogP contribution in [0.2, 0.25) is 0 Å². The first-order valence-corrected chi connectivity index (χ1v) is 6.23. The molecule has 0 saturated heterocycles.